The van der Waals surface area contributed by atoms with Gasteiger partial charge in [-0.2, -0.15) is 0 Å². The van der Waals surface area contributed by atoms with Crippen LogP contribution in [0, 0.1) is 0 Å². The van der Waals surface area contributed by atoms with Gasteiger partial charge in [-0.05, 0) is 24.3 Å². The van der Waals surface area contributed by atoms with Crippen LogP contribution in [-0.2, 0) is 22.3 Å². The van der Waals surface area contributed by atoms with E-state index in [4.69, 9.17) is 21.2 Å². The lowest BCUT2D eigenvalue weighted by Gasteiger charge is -2.31. The van der Waals surface area contributed by atoms with Gasteiger partial charge in [0.2, 0.25) is 10.0 Å². The zero-order valence-corrected chi connectivity index (χ0v) is 17.7. The molecule has 142 valence electrons. The second-order valence-corrected chi connectivity index (χ2v) is 8.41. The standard InChI is InChI=1S/C15H16ClN3O4S2.BrH/c1-19-14(18-8-11-3-2-6-23-11)24-9-15(19,20)10-4-5-12(16)13(7-10)25(17,21)22;/h2-7,20H,8-9H2,1H3,(H2,17,21,22);1H. The van der Waals surface area contributed by atoms with Crippen molar-refractivity contribution in [3.63, 3.8) is 0 Å². The molecule has 1 aromatic heterocycles. The molecule has 0 amide bonds. The number of sulfonamides is 1. The number of thioether (sulfide) groups is 1. The molecule has 0 bridgehead atoms. The topological polar surface area (TPSA) is 109 Å². The molecule has 1 fully saturated rings. The van der Waals surface area contributed by atoms with Gasteiger partial charge in [-0.3, -0.25) is 4.99 Å². The highest BCUT2D eigenvalue weighted by atomic mass is 79.9. The maximum Gasteiger partial charge on any atom is 0.239 e. The van der Waals surface area contributed by atoms with E-state index in [0.29, 0.717) is 23.0 Å². The summed E-state index contributed by atoms with van der Waals surface area (Å²) >= 11 is 7.27. The predicted molar refractivity (Wildman–Crippen MR) is 107 cm³/mol. The largest absolute Gasteiger partial charge is 0.467 e. The Morgan fingerprint density at radius 2 is 2.19 bits per heavy atom. The summed E-state index contributed by atoms with van der Waals surface area (Å²) in [7, 11) is -2.31. The molecule has 3 rings (SSSR count). The van der Waals surface area contributed by atoms with Crippen molar-refractivity contribution in [2.24, 2.45) is 10.1 Å². The molecule has 11 heteroatoms. The molecule has 0 radical (unpaired) electrons. The highest BCUT2D eigenvalue weighted by Gasteiger charge is 2.43. The molecular formula is C15H17BrClN3O4S2. The first kappa shape index (κ1) is 21.3. The first-order chi connectivity index (χ1) is 11.7. The number of rotatable bonds is 4. The van der Waals surface area contributed by atoms with Crippen molar-refractivity contribution in [2.75, 3.05) is 12.8 Å². The Kier molecular flexibility index (Phi) is 6.47. The molecule has 0 aliphatic carbocycles. The van der Waals surface area contributed by atoms with Crippen LogP contribution < -0.4 is 5.14 Å². The minimum Gasteiger partial charge on any atom is -0.467 e. The second-order valence-electron chi connectivity index (χ2n) is 5.53. The molecule has 3 N–H and O–H groups in total. The van der Waals surface area contributed by atoms with E-state index in [9.17, 15) is 13.5 Å². The number of amidine groups is 1. The van der Waals surface area contributed by atoms with Crippen molar-refractivity contribution in [1.82, 2.24) is 4.90 Å². The second kappa shape index (κ2) is 7.91. The lowest BCUT2D eigenvalue weighted by atomic mass is 10.0. The molecule has 0 saturated carbocycles. The molecule has 26 heavy (non-hydrogen) atoms. The van der Waals surface area contributed by atoms with Gasteiger partial charge >= 0.3 is 0 Å². The van der Waals surface area contributed by atoms with Crippen LogP contribution in [0.1, 0.15) is 11.3 Å². The lowest BCUT2D eigenvalue weighted by Crippen LogP contribution is -2.42. The summed E-state index contributed by atoms with van der Waals surface area (Å²) in [6.45, 7) is 0.346. The molecular weight excluding hydrogens is 466 g/mol. The van der Waals surface area contributed by atoms with Crippen molar-refractivity contribution >= 4 is 55.5 Å². The summed E-state index contributed by atoms with van der Waals surface area (Å²) < 4.78 is 28.6. The van der Waals surface area contributed by atoms with Gasteiger partial charge in [0, 0.05) is 12.6 Å². The zero-order valence-electron chi connectivity index (χ0n) is 13.6. The molecule has 1 unspecified atom stereocenters. The first-order valence-corrected chi connectivity index (χ1v) is 10.1. The Labute approximate surface area is 171 Å². The fourth-order valence-corrected chi connectivity index (χ4v) is 4.73. The van der Waals surface area contributed by atoms with E-state index >= 15 is 0 Å². The van der Waals surface area contributed by atoms with Crippen LogP contribution in [0.3, 0.4) is 0 Å². The molecule has 1 aliphatic heterocycles. The van der Waals surface area contributed by atoms with Gasteiger partial charge in [-0.15, -0.1) is 17.0 Å². The summed E-state index contributed by atoms with van der Waals surface area (Å²) in [6.07, 6.45) is 1.57. The molecule has 1 aliphatic rings. The van der Waals surface area contributed by atoms with Crippen LogP contribution in [0.25, 0.3) is 0 Å². The van der Waals surface area contributed by atoms with Crippen molar-refractivity contribution in [1.29, 1.82) is 0 Å². The van der Waals surface area contributed by atoms with Gasteiger partial charge in [0.15, 0.2) is 10.9 Å². The van der Waals surface area contributed by atoms with E-state index in [2.05, 4.69) is 4.99 Å². The van der Waals surface area contributed by atoms with Crippen LogP contribution in [0.4, 0.5) is 0 Å². The predicted octanol–water partition coefficient (Wildman–Crippen LogP) is 2.54. The van der Waals surface area contributed by atoms with Gasteiger partial charge in [0.1, 0.15) is 10.7 Å². The highest BCUT2D eigenvalue weighted by Crippen LogP contribution is 2.39. The van der Waals surface area contributed by atoms with Crippen LogP contribution >= 0.6 is 40.3 Å². The number of hydrogen-bond donors (Lipinski definition) is 2. The number of furan rings is 1. The molecule has 1 atom stereocenters. The summed E-state index contributed by atoms with van der Waals surface area (Å²) in [5.41, 5.74) is -1.05. The third-order valence-electron chi connectivity index (χ3n) is 3.89. The third kappa shape index (κ3) is 4.10. The van der Waals surface area contributed by atoms with Crippen molar-refractivity contribution in [3.05, 3.63) is 52.9 Å². The minimum atomic E-state index is -3.99. The van der Waals surface area contributed by atoms with Crippen molar-refractivity contribution in [2.45, 2.75) is 17.2 Å². The summed E-state index contributed by atoms with van der Waals surface area (Å²) in [5, 5.41) is 16.9. The number of aliphatic hydroxyl groups is 1. The van der Waals surface area contributed by atoms with E-state index in [1.54, 1.807) is 30.3 Å². The Balaban J connectivity index is 0.00000243. The quantitative estimate of drug-likeness (QED) is 0.693. The fraction of sp³-hybridized carbons (Fsp3) is 0.267. The van der Waals surface area contributed by atoms with Crippen molar-refractivity contribution < 1.29 is 17.9 Å². The molecule has 1 aromatic carbocycles. The van der Waals surface area contributed by atoms with Gasteiger partial charge in [0.25, 0.3) is 0 Å². The number of primary sulfonamides is 1. The minimum absolute atomic E-state index is 0. The van der Waals surface area contributed by atoms with E-state index < -0.39 is 15.7 Å². The third-order valence-corrected chi connectivity index (χ3v) is 6.50. The number of aliphatic imine (C=N–C) groups is 1. The molecule has 2 heterocycles. The maximum absolute atomic E-state index is 11.7. The molecule has 0 spiro atoms. The molecule has 1 saturated heterocycles. The Morgan fingerprint density at radius 3 is 2.81 bits per heavy atom. The Hall–Kier alpha value is -1.04. The monoisotopic (exact) mass is 481 g/mol. The van der Waals surface area contributed by atoms with Gasteiger partial charge in [0.05, 0.1) is 23.6 Å². The number of nitrogens with two attached hydrogens (primary N) is 1. The number of hydrogen-bond acceptors (Lipinski definition) is 6. The van der Waals surface area contributed by atoms with Gasteiger partial charge in [-0.25, -0.2) is 13.6 Å². The molecule has 7 nitrogen and oxygen atoms in total. The Morgan fingerprint density at radius 1 is 1.46 bits per heavy atom. The van der Waals surface area contributed by atoms with Gasteiger partial charge in [-0.1, -0.05) is 29.4 Å². The summed E-state index contributed by atoms with van der Waals surface area (Å²) in [4.78, 5) is 5.81. The average Bonchev–Trinajstić information content (AvgIpc) is 3.15. The van der Waals surface area contributed by atoms with Crippen molar-refractivity contribution in [3.8, 4) is 0 Å². The van der Waals surface area contributed by atoms with Crippen LogP contribution in [0.5, 0.6) is 0 Å². The number of nitrogens with zero attached hydrogens (tertiary/aromatic N) is 2. The average molecular weight is 483 g/mol. The summed E-state index contributed by atoms with van der Waals surface area (Å²) in [5.74, 6) is 0.992. The van der Waals surface area contributed by atoms with Crippen LogP contribution in [0.2, 0.25) is 5.02 Å². The fourth-order valence-electron chi connectivity index (χ4n) is 2.46. The lowest BCUT2D eigenvalue weighted by molar-refractivity contribution is -0.0350. The van der Waals surface area contributed by atoms with Crippen LogP contribution in [-0.4, -0.2) is 36.4 Å². The normalized spacial score (nSPS) is 21.8. The number of halogens is 2. The SMILES string of the molecule is Br.CN1C(=NCc2ccco2)SCC1(O)c1ccc(Cl)c(S(N)(=O)=O)c1. The van der Waals surface area contributed by atoms with E-state index in [1.165, 1.54) is 23.9 Å². The van der Waals surface area contributed by atoms with E-state index in [0.717, 1.165) is 0 Å². The summed E-state index contributed by atoms with van der Waals surface area (Å²) in [6, 6.07) is 7.87. The van der Waals surface area contributed by atoms with E-state index in [-0.39, 0.29) is 32.7 Å². The zero-order chi connectivity index (χ0) is 18.2. The molecule has 2 aromatic rings. The maximum atomic E-state index is 11.7. The number of benzene rings is 1. The van der Waals surface area contributed by atoms with Gasteiger partial charge < -0.3 is 14.4 Å². The first-order valence-electron chi connectivity index (χ1n) is 7.20. The highest BCUT2D eigenvalue weighted by molar-refractivity contribution is 8.93. The van der Waals surface area contributed by atoms with Crippen LogP contribution in [0.15, 0.2) is 50.9 Å². The smallest absolute Gasteiger partial charge is 0.239 e. The Bertz CT molecular complexity index is 921. The van der Waals surface area contributed by atoms with E-state index in [1.807, 2.05) is 6.07 Å².